The topological polar surface area (TPSA) is 41.9 Å². The number of rotatable bonds is 5. The Kier molecular flexibility index (Phi) is 5.31. The standard InChI is InChI=1S/C19H26N2O2/c1-2-18(16-11-7-4-8-12-16)20-21-17(14-23-19(21)22)13-15-9-5-3-6-10-15/h3,5-6,9-10,16-17H,2,4,7-8,11-14H2,1H3/b20-18+/t17-/m0/s1. The summed E-state index contributed by atoms with van der Waals surface area (Å²) in [5, 5.41) is 6.35. The quantitative estimate of drug-likeness (QED) is 0.756. The van der Waals surface area contributed by atoms with E-state index in [1.165, 1.54) is 43.4 Å². The fourth-order valence-electron chi connectivity index (χ4n) is 3.62. The monoisotopic (exact) mass is 314 g/mol. The van der Waals surface area contributed by atoms with E-state index >= 15 is 0 Å². The number of carbonyl (C=O) groups excluding carboxylic acids is 1. The second-order valence-electron chi connectivity index (χ2n) is 6.54. The molecule has 2 fully saturated rings. The lowest BCUT2D eigenvalue weighted by molar-refractivity contribution is 0.158. The van der Waals surface area contributed by atoms with E-state index in [9.17, 15) is 4.79 Å². The largest absolute Gasteiger partial charge is 0.446 e. The predicted molar refractivity (Wildman–Crippen MR) is 91.4 cm³/mol. The molecule has 0 unspecified atom stereocenters. The number of nitrogens with zero attached hydrogens (tertiary/aromatic N) is 2. The highest BCUT2D eigenvalue weighted by atomic mass is 16.6. The molecule has 1 heterocycles. The molecule has 1 aliphatic heterocycles. The lowest BCUT2D eigenvalue weighted by Gasteiger charge is -2.25. The van der Waals surface area contributed by atoms with Crippen molar-refractivity contribution in [3.63, 3.8) is 0 Å². The van der Waals surface area contributed by atoms with Gasteiger partial charge >= 0.3 is 6.09 Å². The van der Waals surface area contributed by atoms with Crippen LogP contribution in [0.4, 0.5) is 4.79 Å². The fourth-order valence-corrected chi connectivity index (χ4v) is 3.62. The number of benzene rings is 1. The molecular weight excluding hydrogens is 288 g/mol. The molecule has 1 amide bonds. The van der Waals surface area contributed by atoms with Crippen LogP contribution in [0.25, 0.3) is 0 Å². The van der Waals surface area contributed by atoms with Crippen LogP contribution in [0.15, 0.2) is 35.4 Å². The molecule has 3 rings (SSSR count). The first-order chi connectivity index (χ1) is 11.3. The molecule has 0 N–H and O–H groups in total. The Labute approximate surface area is 138 Å². The maximum absolute atomic E-state index is 12.1. The van der Waals surface area contributed by atoms with Gasteiger partial charge in [0.05, 0.1) is 6.04 Å². The smallest absolute Gasteiger partial charge is 0.430 e. The molecule has 1 aromatic rings. The van der Waals surface area contributed by atoms with Crippen LogP contribution >= 0.6 is 0 Å². The first-order valence-corrected chi connectivity index (χ1v) is 8.85. The average molecular weight is 314 g/mol. The molecule has 0 radical (unpaired) electrons. The zero-order chi connectivity index (χ0) is 16.1. The first-order valence-electron chi connectivity index (χ1n) is 8.85. The second kappa shape index (κ2) is 7.62. The highest BCUT2D eigenvalue weighted by molar-refractivity contribution is 5.87. The van der Waals surface area contributed by atoms with Crippen LogP contribution in [0.5, 0.6) is 0 Å². The molecule has 1 saturated carbocycles. The van der Waals surface area contributed by atoms with Crippen molar-refractivity contribution in [1.29, 1.82) is 0 Å². The van der Waals surface area contributed by atoms with Gasteiger partial charge in [-0.25, -0.2) is 4.79 Å². The van der Waals surface area contributed by atoms with E-state index in [0.717, 1.165) is 12.8 Å². The lowest BCUT2D eigenvalue weighted by atomic mass is 9.85. The molecular formula is C19H26N2O2. The Bertz CT molecular complexity index is 550. The summed E-state index contributed by atoms with van der Waals surface area (Å²) in [7, 11) is 0. The maximum atomic E-state index is 12.1. The Balaban J connectivity index is 1.74. The number of amides is 1. The van der Waals surface area contributed by atoms with Gasteiger partial charge in [-0.1, -0.05) is 56.5 Å². The van der Waals surface area contributed by atoms with E-state index in [2.05, 4.69) is 19.1 Å². The minimum absolute atomic E-state index is 0.00930. The lowest BCUT2D eigenvalue weighted by Crippen LogP contribution is -2.33. The van der Waals surface area contributed by atoms with Gasteiger partial charge in [0.15, 0.2) is 0 Å². The normalized spacial score (nSPS) is 23.2. The minimum atomic E-state index is -0.298. The van der Waals surface area contributed by atoms with Gasteiger partial charge in [-0.2, -0.15) is 10.1 Å². The molecule has 4 nitrogen and oxygen atoms in total. The van der Waals surface area contributed by atoms with Gasteiger partial charge in [-0.3, -0.25) is 0 Å². The van der Waals surface area contributed by atoms with Gasteiger partial charge in [0, 0.05) is 5.71 Å². The van der Waals surface area contributed by atoms with Crippen LogP contribution in [0.1, 0.15) is 51.0 Å². The summed E-state index contributed by atoms with van der Waals surface area (Å²) in [6.45, 7) is 2.57. The molecule has 0 bridgehead atoms. The fraction of sp³-hybridized carbons (Fsp3) is 0.579. The van der Waals surface area contributed by atoms with Gasteiger partial charge in [-0.05, 0) is 37.2 Å². The number of hydrogen-bond donors (Lipinski definition) is 0. The highest BCUT2D eigenvalue weighted by Gasteiger charge is 2.34. The highest BCUT2D eigenvalue weighted by Crippen LogP contribution is 2.27. The summed E-state index contributed by atoms with van der Waals surface area (Å²) in [4.78, 5) is 12.1. The molecule has 0 aromatic heterocycles. The SMILES string of the molecule is CC/C(=N\N1C(=O)OC[C@@H]1Cc1ccccc1)C1CCCCC1. The summed E-state index contributed by atoms with van der Waals surface area (Å²) in [5.74, 6) is 0.541. The van der Waals surface area contributed by atoms with Crippen molar-refractivity contribution < 1.29 is 9.53 Å². The van der Waals surface area contributed by atoms with E-state index in [1.807, 2.05) is 18.2 Å². The zero-order valence-electron chi connectivity index (χ0n) is 13.9. The van der Waals surface area contributed by atoms with Crippen LogP contribution in [0.2, 0.25) is 0 Å². The zero-order valence-corrected chi connectivity index (χ0v) is 13.9. The Hall–Kier alpha value is -1.84. The minimum Gasteiger partial charge on any atom is -0.446 e. The molecule has 1 atom stereocenters. The molecule has 23 heavy (non-hydrogen) atoms. The third kappa shape index (κ3) is 3.92. The van der Waals surface area contributed by atoms with Crippen molar-refractivity contribution in [3.8, 4) is 0 Å². The summed E-state index contributed by atoms with van der Waals surface area (Å²) >= 11 is 0. The molecule has 124 valence electrons. The van der Waals surface area contributed by atoms with Crippen LogP contribution in [-0.4, -0.2) is 29.5 Å². The molecule has 1 saturated heterocycles. The van der Waals surface area contributed by atoms with Crippen molar-refractivity contribution in [2.45, 2.75) is 57.9 Å². The molecule has 1 aromatic carbocycles. The van der Waals surface area contributed by atoms with Gasteiger partial charge < -0.3 is 4.74 Å². The van der Waals surface area contributed by atoms with Crippen molar-refractivity contribution >= 4 is 11.8 Å². The second-order valence-corrected chi connectivity index (χ2v) is 6.54. The van der Waals surface area contributed by atoms with Crippen molar-refractivity contribution in [2.75, 3.05) is 6.61 Å². The van der Waals surface area contributed by atoms with Crippen LogP contribution in [0, 0.1) is 5.92 Å². The van der Waals surface area contributed by atoms with Crippen molar-refractivity contribution in [1.82, 2.24) is 5.01 Å². The van der Waals surface area contributed by atoms with Crippen LogP contribution < -0.4 is 0 Å². The third-order valence-electron chi connectivity index (χ3n) is 4.92. The predicted octanol–water partition coefficient (Wildman–Crippen LogP) is 4.40. The summed E-state index contributed by atoms with van der Waals surface area (Å²) in [5.41, 5.74) is 2.38. The van der Waals surface area contributed by atoms with Gasteiger partial charge in [0.25, 0.3) is 0 Å². The number of hydrogen-bond acceptors (Lipinski definition) is 3. The van der Waals surface area contributed by atoms with Crippen LogP contribution in [0.3, 0.4) is 0 Å². The molecule has 0 spiro atoms. The van der Waals surface area contributed by atoms with E-state index in [0.29, 0.717) is 12.5 Å². The van der Waals surface area contributed by atoms with E-state index in [1.54, 1.807) is 5.01 Å². The summed E-state index contributed by atoms with van der Waals surface area (Å²) in [6, 6.07) is 10.3. The average Bonchev–Trinajstić information content (AvgIpc) is 2.94. The van der Waals surface area contributed by atoms with Crippen molar-refractivity contribution in [3.05, 3.63) is 35.9 Å². The summed E-state index contributed by atoms with van der Waals surface area (Å²) in [6.07, 6.45) is 7.70. The number of hydrazone groups is 1. The van der Waals surface area contributed by atoms with E-state index < -0.39 is 0 Å². The van der Waals surface area contributed by atoms with E-state index in [-0.39, 0.29) is 12.1 Å². The Morgan fingerprint density at radius 3 is 2.65 bits per heavy atom. The number of ether oxygens (including phenoxy) is 1. The Morgan fingerprint density at radius 1 is 1.22 bits per heavy atom. The van der Waals surface area contributed by atoms with Gasteiger partial charge in [0.1, 0.15) is 6.61 Å². The number of cyclic esters (lactones) is 1. The first kappa shape index (κ1) is 16.0. The Morgan fingerprint density at radius 2 is 1.96 bits per heavy atom. The van der Waals surface area contributed by atoms with E-state index in [4.69, 9.17) is 9.84 Å². The molecule has 1 aliphatic carbocycles. The molecule has 4 heteroatoms. The van der Waals surface area contributed by atoms with Crippen molar-refractivity contribution in [2.24, 2.45) is 11.0 Å². The van der Waals surface area contributed by atoms with Gasteiger partial charge in [-0.15, -0.1) is 0 Å². The van der Waals surface area contributed by atoms with Crippen LogP contribution in [-0.2, 0) is 11.2 Å². The number of carbonyl (C=O) groups is 1. The third-order valence-corrected chi connectivity index (χ3v) is 4.92. The van der Waals surface area contributed by atoms with Gasteiger partial charge in [0.2, 0.25) is 0 Å². The molecule has 2 aliphatic rings. The maximum Gasteiger partial charge on any atom is 0.430 e. The summed E-state index contributed by atoms with van der Waals surface area (Å²) < 4.78 is 5.26.